The predicted octanol–water partition coefficient (Wildman–Crippen LogP) is 2.60. The molecule has 0 fully saturated rings. The van der Waals surface area contributed by atoms with Crippen LogP contribution in [0.3, 0.4) is 0 Å². The molecule has 1 heterocycles. The summed E-state index contributed by atoms with van der Waals surface area (Å²) in [7, 11) is 3.59. The second-order valence-corrected chi connectivity index (χ2v) is 4.62. The number of aryl methyl sites for hydroxylation is 2. The lowest BCUT2D eigenvalue weighted by Crippen LogP contribution is -1.98. The van der Waals surface area contributed by atoms with E-state index >= 15 is 0 Å². The van der Waals surface area contributed by atoms with Crippen LogP contribution >= 0.6 is 0 Å². The van der Waals surface area contributed by atoms with E-state index in [4.69, 9.17) is 10.5 Å². The van der Waals surface area contributed by atoms with Gasteiger partial charge in [0.25, 0.3) is 0 Å². The van der Waals surface area contributed by atoms with Gasteiger partial charge in [0.05, 0.1) is 12.8 Å². The standard InChI is InChI=1S/C14H19N3O/c1-8-6-9(2)12(11(7-8)18-5)13-10(3)17(4)14(15)16-13/h6-7H,1-5H3,(H2,15,16). The Balaban J connectivity index is 2.74. The van der Waals surface area contributed by atoms with Crippen LogP contribution in [0.25, 0.3) is 11.3 Å². The molecule has 2 aromatic rings. The van der Waals surface area contributed by atoms with Crippen molar-refractivity contribution in [1.82, 2.24) is 9.55 Å². The van der Waals surface area contributed by atoms with Crippen LogP contribution in [0, 0.1) is 20.8 Å². The molecule has 2 rings (SSSR count). The average Bonchev–Trinajstić information content (AvgIpc) is 2.56. The molecule has 0 saturated carbocycles. The molecular formula is C14H19N3O. The number of ether oxygens (including phenoxy) is 1. The van der Waals surface area contributed by atoms with Crippen LogP contribution in [0.2, 0.25) is 0 Å². The quantitative estimate of drug-likeness (QED) is 0.884. The summed E-state index contributed by atoms with van der Waals surface area (Å²) in [6.07, 6.45) is 0. The van der Waals surface area contributed by atoms with E-state index < -0.39 is 0 Å². The number of hydrogen-bond acceptors (Lipinski definition) is 3. The van der Waals surface area contributed by atoms with E-state index in [-0.39, 0.29) is 0 Å². The molecule has 0 saturated heterocycles. The van der Waals surface area contributed by atoms with Gasteiger partial charge < -0.3 is 15.0 Å². The largest absolute Gasteiger partial charge is 0.496 e. The number of hydrogen-bond donors (Lipinski definition) is 1. The maximum Gasteiger partial charge on any atom is 0.200 e. The van der Waals surface area contributed by atoms with Gasteiger partial charge in [-0.15, -0.1) is 0 Å². The molecule has 0 unspecified atom stereocenters. The van der Waals surface area contributed by atoms with E-state index in [1.165, 1.54) is 5.56 Å². The fourth-order valence-electron chi connectivity index (χ4n) is 2.23. The minimum atomic E-state index is 0.518. The number of anilines is 1. The van der Waals surface area contributed by atoms with Crippen LogP contribution in [0.1, 0.15) is 16.8 Å². The Bertz CT molecular complexity index is 600. The molecule has 1 aromatic heterocycles. The molecule has 2 N–H and O–H groups in total. The third kappa shape index (κ3) is 1.83. The first kappa shape index (κ1) is 12.5. The summed E-state index contributed by atoms with van der Waals surface area (Å²) in [5.74, 6) is 1.36. The Morgan fingerprint density at radius 1 is 1.22 bits per heavy atom. The normalized spacial score (nSPS) is 10.7. The molecule has 18 heavy (non-hydrogen) atoms. The minimum absolute atomic E-state index is 0.518. The Morgan fingerprint density at radius 2 is 1.89 bits per heavy atom. The summed E-state index contributed by atoms with van der Waals surface area (Å²) in [5, 5.41) is 0. The number of nitrogens with two attached hydrogens (primary N) is 1. The molecule has 0 aliphatic carbocycles. The van der Waals surface area contributed by atoms with E-state index in [1.54, 1.807) is 7.11 Å². The van der Waals surface area contributed by atoms with Crippen molar-refractivity contribution in [3.63, 3.8) is 0 Å². The number of rotatable bonds is 2. The second-order valence-electron chi connectivity index (χ2n) is 4.62. The van der Waals surface area contributed by atoms with Crippen molar-refractivity contribution in [2.75, 3.05) is 12.8 Å². The summed E-state index contributed by atoms with van der Waals surface area (Å²) >= 11 is 0. The molecule has 4 heteroatoms. The van der Waals surface area contributed by atoms with Crippen molar-refractivity contribution >= 4 is 5.95 Å². The third-order valence-electron chi connectivity index (χ3n) is 3.32. The molecule has 1 aromatic carbocycles. The van der Waals surface area contributed by atoms with Crippen molar-refractivity contribution in [1.29, 1.82) is 0 Å². The Labute approximate surface area is 107 Å². The minimum Gasteiger partial charge on any atom is -0.496 e. The van der Waals surface area contributed by atoms with Crippen LogP contribution in [0.4, 0.5) is 5.95 Å². The fraction of sp³-hybridized carbons (Fsp3) is 0.357. The monoisotopic (exact) mass is 245 g/mol. The van der Waals surface area contributed by atoms with Crippen LogP contribution in [0.15, 0.2) is 12.1 Å². The molecule has 0 spiro atoms. The van der Waals surface area contributed by atoms with Gasteiger partial charge in [-0.2, -0.15) is 0 Å². The molecule has 0 bridgehead atoms. The first-order valence-corrected chi connectivity index (χ1v) is 5.90. The van der Waals surface area contributed by atoms with Crippen molar-refractivity contribution in [2.45, 2.75) is 20.8 Å². The Hall–Kier alpha value is -1.97. The molecule has 4 nitrogen and oxygen atoms in total. The third-order valence-corrected chi connectivity index (χ3v) is 3.32. The Kier molecular flexibility index (Phi) is 3.03. The molecule has 0 aliphatic rings. The van der Waals surface area contributed by atoms with Crippen LogP contribution in [-0.2, 0) is 7.05 Å². The molecule has 0 atom stereocenters. The highest BCUT2D eigenvalue weighted by Gasteiger charge is 2.17. The van der Waals surface area contributed by atoms with Gasteiger partial charge in [-0.25, -0.2) is 4.98 Å². The highest BCUT2D eigenvalue weighted by atomic mass is 16.5. The molecular weight excluding hydrogens is 226 g/mol. The zero-order valence-corrected chi connectivity index (χ0v) is 11.5. The first-order chi connectivity index (χ1) is 8.45. The number of imidazole rings is 1. The smallest absolute Gasteiger partial charge is 0.200 e. The zero-order valence-electron chi connectivity index (χ0n) is 11.5. The molecule has 0 amide bonds. The van der Waals surface area contributed by atoms with E-state index in [0.29, 0.717) is 5.95 Å². The summed E-state index contributed by atoms with van der Waals surface area (Å²) in [6.45, 7) is 6.13. The maximum absolute atomic E-state index is 5.86. The van der Waals surface area contributed by atoms with Crippen LogP contribution < -0.4 is 10.5 Å². The maximum atomic E-state index is 5.86. The van der Waals surface area contributed by atoms with Crippen molar-refractivity contribution in [2.24, 2.45) is 7.05 Å². The van der Waals surface area contributed by atoms with Gasteiger partial charge in [0, 0.05) is 18.3 Å². The van der Waals surface area contributed by atoms with Gasteiger partial charge in [-0.3, -0.25) is 0 Å². The lowest BCUT2D eigenvalue weighted by Gasteiger charge is -2.12. The van der Waals surface area contributed by atoms with Gasteiger partial charge in [0.1, 0.15) is 5.75 Å². The van der Waals surface area contributed by atoms with Crippen LogP contribution in [0.5, 0.6) is 5.75 Å². The topological polar surface area (TPSA) is 53.1 Å². The lowest BCUT2D eigenvalue weighted by atomic mass is 10.0. The predicted molar refractivity (Wildman–Crippen MR) is 73.8 cm³/mol. The number of benzene rings is 1. The first-order valence-electron chi connectivity index (χ1n) is 5.90. The van der Waals surface area contributed by atoms with E-state index in [9.17, 15) is 0 Å². The SMILES string of the molecule is COc1cc(C)cc(C)c1-c1nc(N)n(C)c1C. The van der Waals surface area contributed by atoms with Gasteiger partial charge in [-0.1, -0.05) is 6.07 Å². The number of aromatic nitrogens is 2. The van der Waals surface area contributed by atoms with Gasteiger partial charge in [-0.05, 0) is 38.0 Å². The summed E-state index contributed by atoms with van der Waals surface area (Å²) in [5.41, 5.74) is 11.1. The number of methoxy groups -OCH3 is 1. The molecule has 0 aliphatic heterocycles. The number of nitrogen functional groups attached to an aromatic ring is 1. The van der Waals surface area contributed by atoms with Crippen molar-refractivity contribution < 1.29 is 4.74 Å². The van der Waals surface area contributed by atoms with Gasteiger partial charge in [0.15, 0.2) is 0 Å². The van der Waals surface area contributed by atoms with E-state index in [0.717, 1.165) is 28.3 Å². The van der Waals surface area contributed by atoms with Crippen molar-refractivity contribution in [3.05, 3.63) is 29.0 Å². The van der Waals surface area contributed by atoms with Gasteiger partial charge >= 0.3 is 0 Å². The number of nitrogens with zero attached hydrogens (tertiary/aromatic N) is 2. The highest BCUT2D eigenvalue weighted by molar-refractivity contribution is 5.74. The molecule has 0 radical (unpaired) electrons. The van der Waals surface area contributed by atoms with Crippen LogP contribution in [-0.4, -0.2) is 16.7 Å². The lowest BCUT2D eigenvalue weighted by molar-refractivity contribution is 0.415. The summed E-state index contributed by atoms with van der Waals surface area (Å²) < 4.78 is 7.36. The van der Waals surface area contributed by atoms with Gasteiger partial charge in [0.2, 0.25) is 5.95 Å². The second kappa shape index (κ2) is 4.37. The summed E-state index contributed by atoms with van der Waals surface area (Å²) in [4.78, 5) is 4.44. The fourth-order valence-corrected chi connectivity index (χ4v) is 2.23. The van der Waals surface area contributed by atoms with E-state index in [2.05, 4.69) is 24.9 Å². The average molecular weight is 245 g/mol. The zero-order chi connectivity index (χ0) is 13.4. The summed E-state index contributed by atoms with van der Waals surface area (Å²) in [6, 6.07) is 4.15. The van der Waals surface area contributed by atoms with E-state index in [1.807, 2.05) is 24.6 Å². The highest BCUT2D eigenvalue weighted by Crippen LogP contribution is 2.35. The van der Waals surface area contributed by atoms with Crippen molar-refractivity contribution in [3.8, 4) is 17.0 Å². The Morgan fingerprint density at radius 3 is 2.39 bits per heavy atom. The molecule has 96 valence electrons.